The number of alkyl halides is 1. The smallest absolute Gasteiger partial charge is 0.282 e. The van der Waals surface area contributed by atoms with E-state index in [1.165, 1.54) is 30.8 Å². The number of nitrogens with zero attached hydrogens (tertiary/aromatic N) is 1. The first-order valence-corrected chi connectivity index (χ1v) is 6.10. The van der Waals surface area contributed by atoms with Crippen LogP contribution in [-0.2, 0) is 4.79 Å². The number of benzene rings is 1. The van der Waals surface area contributed by atoms with Gasteiger partial charge in [0, 0.05) is 6.07 Å². The van der Waals surface area contributed by atoms with Gasteiger partial charge in [0.25, 0.3) is 5.69 Å². The number of carbonyl (C=O) groups is 1. The second kappa shape index (κ2) is 5.32. The molecule has 0 saturated carbocycles. The highest BCUT2D eigenvalue weighted by atomic mass is 35.5. The molecule has 1 aromatic carbocycles. The Labute approximate surface area is 102 Å². The number of halogens is 1. The van der Waals surface area contributed by atoms with E-state index in [1.807, 2.05) is 0 Å². The zero-order valence-corrected chi connectivity index (χ0v) is 10.3. The summed E-state index contributed by atoms with van der Waals surface area (Å²) in [5.74, 6) is -0.178. The van der Waals surface area contributed by atoms with Crippen molar-refractivity contribution in [1.82, 2.24) is 0 Å². The van der Waals surface area contributed by atoms with Crippen molar-refractivity contribution >= 4 is 34.8 Å². The van der Waals surface area contributed by atoms with Crippen molar-refractivity contribution in [2.75, 3.05) is 6.26 Å². The lowest BCUT2D eigenvalue weighted by Gasteiger charge is -2.07. The number of hydrogen-bond acceptors (Lipinski definition) is 4. The van der Waals surface area contributed by atoms with Crippen LogP contribution in [0.25, 0.3) is 0 Å². The molecule has 6 heteroatoms. The lowest BCUT2D eigenvalue weighted by Crippen LogP contribution is -2.02. The Morgan fingerprint density at radius 1 is 1.56 bits per heavy atom. The lowest BCUT2D eigenvalue weighted by molar-refractivity contribution is -0.387. The molecule has 0 aliphatic heterocycles. The van der Waals surface area contributed by atoms with E-state index in [2.05, 4.69) is 0 Å². The van der Waals surface area contributed by atoms with Crippen LogP contribution >= 0.6 is 23.4 Å². The molecule has 16 heavy (non-hydrogen) atoms. The standard InChI is InChI=1S/C10H10ClNO3S/c1-6(13)10(11)7-3-4-8(12(14)15)9(5-7)16-2/h3-5,10H,1-2H3. The van der Waals surface area contributed by atoms with Gasteiger partial charge in [-0.05, 0) is 24.8 Å². The Balaban J connectivity index is 3.18. The van der Waals surface area contributed by atoms with Crippen molar-refractivity contribution in [1.29, 1.82) is 0 Å². The maximum absolute atomic E-state index is 11.1. The van der Waals surface area contributed by atoms with Crippen LogP contribution in [0.5, 0.6) is 0 Å². The summed E-state index contributed by atoms with van der Waals surface area (Å²) in [6.45, 7) is 1.39. The third-order valence-corrected chi connectivity index (χ3v) is 3.38. The van der Waals surface area contributed by atoms with Crippen LogP contribution in [-0.4, -0.2) is 17.0 Å². The third-order valence-electron chi connectivity index (χ3n) is 2.05. The molecule has 0 fully saturated rings. The summed E-state index contributed by atoms with van der Waals surface area (Å²) < 4.78 is 0. The molecule has 0 bridgehead atoms. The van der Waals surface area contributed by atoms with Crippen LogP contribution in [0.15, 0.2) is 23.1 Å². The highest BCUT2D eigenvalue weighted by Crippen LogP contribution is 2.32. The molecule has 0 heterocycles. The molecule has 0 amide bonds. The van der Waals surface area contributed by atoms with Crippen molar-refractivity contribution in [3.63, 3.8) is 0 Å². The van der Waals surface area contributed by atoms with Crippen molar-refractivity contribution < 1.29 is 9.72 Å². The van der Waals surface area contributed by atoms with Gasteiger partial charge >= 0.3 is 0 Å². The van der Waals surface area contributed by atoms with E-state index in [0.29, 0.717) is 10.5 Å². The Hall–Kier alpha value is -1.07. The van der Waals surface area contributed by atoms with E-state index < -0.39 is 10.3 Å². The van der Waals surface area contributed by atoms with Crippen molar-refractivity contribution in [3.8, 4) is 0 Å². The van der Waals surface area contributed by atoms with E-state index in [9.17, 15) is 14.9 Å². The fourth-order valence-electron chi connectivity index (χ4n) is 1.24. The molecule has 0 N–H and O–H groups in total. The van der Waals surface area contributed by atoms with Gasteiger partial charge < -0.3 is 0 Å². The monoisotopic (exact) mass is 259 g/mol. The van der Waals surface area contributed by atoms with Crippen LogP contribution in [0.1, 0.15) is 17.9 Å². The Kier molecular flexibility index (Phi) is 4.32. The molecule has 0 aliphatic rings. The number of ketones is 1. The van der Waals surface area contributed by atoms with E-state index in [0.717, 1.165) is 0 Å². The van der Waals surface area contributed by atoms with Crippen LogP contribution < -0.4 is 0 Å². The fourth-order valence-corrected chi connectivity index (χ4v) is 1.98. The SMILES string of the molecule is CSc1cc(C(Cl)C(C)=O)ccc1[N+](=O)[O-]. The Bertz CT molecular complexity index is 436. The summed E-state index contributed by atoms with van der Waals surface area (Å²) in [4.78, 5) is 21.8. The van der Waals surface area contributed by atoms with Gasteiger partial charge in [-0.1, -0.05) is 6.07 Å². The molecule has 0 saturated heterocycles. The van der Waals surface area contributed by atoms with Crippen molar-refractivity contribution in [3.05, 3.63) is 33.9 Å². The van der Waals surface area contributed by atoms with Crippen LogP contribution in [0.3, 0.4) is 0 Å². The molecule has 1 aromatic rings. The third kappa shape index (κ3) is 2.74. The zero-order chi connectivity index (χ0) is 12.3. The number of nitro groups is 1. The highest BCUT2D eigenvalue weighted by molar-refractivity contribution is 7.98. The average Bonchev–Trinajstić information content (AvgIpc) is 2.26. The first kappa shape index (κ1) is 13.0. The minimum Gasteiger partial charge on any atom is -0.298 e. The lowest BCUT2D eigenvalue weighted by atomic mass is 10.1. The normalized spacial score (nSPS) is 12.2. The molecule has 0 radical (unpaired) electrons. The summed E-state index contributed by atoms with van der Waals surface area (Å²) in [5.41, 5.74) is 0.618. The van der Waals surface area contributed by atoms with Gasteiger partial charge in [-0.15, -0.1) is 23.4 Å². The Morgan fingerprint density at radius 2 is 2.19 bits per heavy atom. The molecule has 1 atom stereocenters. The van der Waals surface area contributed by atoms with Gasteiger partial charge in [-0.25, -0.2) is 0 Å². The van der Waals surface area contributed by atoms with E-state index in [4.69, 9.17) is 11.6 Å². The van der Waals surface area contributed by atoms with Gasteiger partial charge in [0.05, 0.1) is 9.82 Å². The number of rotatable bonds is 4. The maximum atomic E-state index is 11.1. The highest BCUT2D eigenvalue weighted by Gasteiger charge is 2.18. The summed E-state index contributed by atoms with van der Waals surface area (Å²) in [6, 6.07) is 4.47. The number of hydrogen-bond donors (Lipinski definition) is 0. The predicted molar refractivity (Wildman–Crippen MR) is 64.2 cm³/mol. The quantitative estimate of drug-likeness (QED) is 0.361. The van der Waals surface area contributed by atoms with E-state index in [1.54, 1.807) is 12.3 Å². The number of thioether (sulfide) groups is 1. The van der Waals surface area contributed by atoms with Crippen LogP contribution in [0.4, 0.5) is 5.69 Å². The molecule has 0 aliphatic carbocycles. The van der Waals surface area contributed by atoms with Gasteiger partial charge in [0.1, 0.15) is 5.38 Å². The second-order valence-corrected chi connectivity index (χ2v) is 4.45. The minimum absolute atomic E-state index is 0.0312. The second-order valence-electron chi connectivity index (χ2n) is 3.16. The van der Waals surface area contributed by atoms with Crippen LogP contribution in [0.2, 0.25) is 0 Å². The first-order chi connectivity index (χ1) is 7.47. The number of Topliss-reactive ketones (excluding diaryl/α,β-unsaturated/α-hetero) is 1. The van der Waals surface area contributed by atoms with Gasteiger partial charge in [0.2, 0.25) is 0 Å². The summed E-state index contributed by atoms with van der Waals surface area (Å²) in [7, 11) is 0. The molecular weight excluding hydrogens is 250 g/mol. The maximum Gasteiger partial charge on any atom is 0.282 e. The van der Waals surface area contributed by atoms with Gasteiger partial charge in [-0.3, -0.25) is 14.9 Å². The van der Waals surface area contributed by atoms with E-state index >= 15 is 0 Å². The molecule has 1 unspecified atom stereocenters. The average molecular weight is 260 g/mol. The summed E-state index contributed by atoms with van der Waals surface area (Å²) >= 11 is 7.13. The van der Waals surface area contributed by atoms with Gasteiger partial charge in [-0.2, -0.15) is 0 Å². The number of nitro benzene ring substituents is 1. The number of carbonyl (C=O) groups excluding carboxylic acids is 1. The van der Waals surface area contributed by atoms with Crippen molar-refractivity contribution in [2.45, 2.75) is 17.2 Å². The van der Waals surface area contributed by atoms with Gasteiger partial charge in [0.15, 0.2) is 5.78 Å². The minimum atomic E-state index is -0.744. The zero-order valence-electron chi connectivity index (χ0n) is 8.77. The largest absolute Gasteiger partial charge is 0.298 e. The van der Waals surface area contributed by atoms with E-state index in [-0.39, 0.29) is 11.5 Å². The fraction of sp³-hybridized carbons (Fsp3) is 0.300. The predicted octanol–water partition coefficient (Wildman–Crippen LogP) is 3.19. The Morgan fingerprint density at radius 3 is 2.62 bits per heavy atom. The molecule has 0 spiro atoms. The first-order valence-electron chi connectivity index (χ1n) is 4.44. The molecule has 0 aromatic heterocycles. The summed E-state index contributed by atoms with van der Waals surface area (Å²) in [6.07, 6.45) is 1.74. The molecule has 4 nitrogen and oxygen atoms in total. The molecular formula is C10H10ClNO3S. The van der Waals surface area contributed by atoms with Crippen LogP contribution in [0, 0.1) is 10.1 Å². The topological polar surface area (TPSA) is 60.2 Å². The molecule has 1 rings (SSSR count). The molecule has 86 valence electrons. The van der Waals surface area contributed by atoms with Crippen molar-refractivity contribution in [2.24, 2.45) is 0 Å². The summed E-state index contributed by atoms with van der Waals surface area (Å²) in [5, 5.41) is 9.94.